The summed E-state index contributed by atoms with van der Waals surface area (Å²) in [4.78, 5) is 12.8. The van der Waals surface area contributed by atoms with Crippen LogP contribution in [0.1, 0.15) is 1.43 Å². The van der Waals surface area contributed by atoms with Crippen molar-refractivity contribution in [3.8, 4) is 22.9 Å². The van der Waals surface area contributed by atoms with Crippen LogP contribution in [0.25, 0.3) is 22.2 Å². The van der Waals surface area contributed by atoms with Crippen LogP contribution in [0.4, 0.5) is 18.9 Å². The number of nitrogens with zero attached hydrogens (tertiary/aromatic N) is 4. The first-order chi connectivity index (χ1) is 17.3. The van der Waals surface area contributed by atoms with E-state index in [2.05, 4.69) is 10.3 Å². The Morgan fingerprint density at radius 2 is 2.03 bits per heavy atom. The Kier molecular flexibility index (Phi) is 6.65. The van der Waals surface area contributed by atoms with Gasteiger partial charge in [-0.05, 0) is 38.2 Å². The van der Waals surface area contributed by atoms with Gasteiger partial charge in [0.1, 0.15) is 6.61 Å². The van der Waals surface area contributed by atoms with Crippen molar-refractivity contribution in [2.75, 3.05) is 65.4 Å². The highest BCUT2D eigenvalue weighted by Gasteiger charge is 2.53. The molecule has 2 fully saturated rings. The summed E-state index contributed by atoms with van der Waals surface area (Å²) in [6.07, 6.45) is 1.67. The van der Waals surface area contributed by atoms with Crippen molar-refractivity contribution in [1.82, 2.24) is 20.2 Å². The zero-order chi connectivity index (χ0) is 25.4. The van der Waals surface area contributed by atoms with Crippen LogP contribution in [0.3, 0.4) is 0 Å². The fraction of sp³-hybridized carbons (Fsp3) is 0.462. The number of hydrogen-bond donors (Lipinski definition) is 1. The minimum atomic E-state index is -2.78. The van der Waals surface area contributed by atoms with Crippen LogP contribution in [-0.2, 0) is 0 Å². The third-order valence-electron chi connectivity index (χ3n) is 7.05. The summed E-state index contributed by atoms with van der Waals surface area (Å²) in [7, 11) is 4.97. The third kappa shape index (κ3) is 4.67. The maximum absolute atomic E-state index is 14.9. The maximum atomic E-state index is 14.9. The molecule has 0 amide bonds. The van der Waals surface area contributed by atoms with Crippen LogP contribution in [0.2, 0.25) is 0 Å². The Morgan fingerprint density at radius 3 is 2.75 bits per heavy atom. The van der Waals surface area contributed by atoms with Gasteiger partial charge in [0.15, 0.2) is 11.6 Å². The second kappa shape index (κ2) is 9.74. The summed E-state index contributed by atoms with van der Waals surface area (Å²) in [5.41, 5.74) is 2.55. The van der Waals surface area contributed by atoms with Gasteiger partial charge in [-0.1, -0.05) is 0 Å². The van der Waals surface area contributed by atoms with Crippen molar-refractivity contribution in [2.24, 2.45) is 11.8 Å². The van der Waals surface area contributed by atoms with Gasteiger partial charge in [0.05, 0.1) is 24.9 Å². The molecule has 0 saturated carbocycles. The Morgan fingerprint density at radius 1 is 1.19 bits per heavy atom. The van der Waals surface area contributed by atoms with Crippen LogP contribution in [0.5, 0.6) is 11.6 Å². The van der Waals surface area contributed by atoms with Crippen molar-refractivity contribution < 1.29 is 24.1 Å². The molecular weight excluding hydrogens is 471 g/mol. The number of benzene rings is 1. The second-order valence-electron chi connectivity index (χ2n) is 9.60. The highest BCUT2D eigenvalue weighted by Crippen LogP contribution is 2.44. The molecule has 0 radical (unpaired) electrons. The summed E-state index contributed by atoms with van der Waals surface area (Å²) in [6.45, 7) is 2.22. The third-order valence-corrected chi connectivity index (χ3v) is 7.05. The van der Waals surface area contributed by atoms with Gasteiger partial charge in [-0.2, -0.15) is 0 Å². The summed E-state index contributed by atoms with van der Waals surface area (Å²) < 4.78 is 55.3. The van der Waals surface area contributed by atoms with E-state index in [9.17, 15) is 13.2 Å². The quantitative estimate of drug-likeness (QED) is 0.491. The molecule has 2 unspecified atom stereocenters. The van der Waals surface area contributed by atoms with Crippen molar-refractivity contribution in [2.45, 2.75) is 5.92 Å². The fourth-order valence-corrected chi connectivity index (χ4v) is 5.32. The van der Waals surface area contributed by atoms with E-state index < -0.39 is 17.7 Å². The average molecular weight is 504 g/mol. The van der Waals surface area contributed by atoms with Crippen LogP contribution in [0.15, 0.2) is 36.5 Å². The number of rotatable bonds is 7. The predicted octanol–water partition coefficient (Wildman–Crippen LogP) is 3.92. The zero-order valence-electron chi connectivity index (χ0n) is 20.6. The molecular formula is C26H32F3N5O2. The predicted molar refractivity (Wildman–Crippen MR) is 135 cm³/mol. The molecule has 2 aromatic heterocycles. The number of likely N-dealkylation sites (tertiary alicyclic amines) is 1. The molecule has 3 aromatic rings. The molecule has 194 valence electrons. The number of anilines is 1. The molecule has 10 heteroatoms. The maximum Gasteiger partial charge on any atom is 0.265 e. The lowest BCUT2D eigenvalue weighted by atomic mass is 9.86. The molecule has 2 aliphatic rings. The number of nitrogens with one attached hydrogen (secondary N) is 1. The number of piperidine rings is 1. The largest absolute Gasteiger partial charge is 0.494 e. The van der Waals surface area contributed by atoms with Gasteiger partial charge < -0.3 is 24.6 Å². The average Bonchev–Trinajstić information content (AvgIpc) is 3.28. The zero-order valence-corrected chi connectivity index (χ0v) is 20.6. The lowest BCUT2D eigenvalue weighted by Crippen LogP contribution is -2.51. The highest BCUT2D eigenvalue weighted by atomic mass is 19.3. The monoisotopic (exact) mass is 503 g/mol. The van der Waals surface area contributed by atoms with Crippen molar-refractivity contribution >= 4 is 16.6 Å². The Labute approximate surface area is 209 Å². The normalized spacial score (nSPS) is 21.6. The number of ether oxygens (including phenoxy) is 2. The molecule has 2 atom stereocenters. The SMILES string of the molecule is CNCCOc1ccc(-c2cc(N3CC4CN(C)CC(F)(F)C4C3)c3cc(F)c(OC)cc3n2)cn1.[HH]. The molecule has 5 rings (SSSR count). The lowest BCUT2D eigenvalue weighted by molar-refractivity contribution is -0.114. The summed E-state index contributed by atoms with van der Waals surface area (Å²) >= 11 is 0. The smallest absolute Gasteiger partial charge is 0.265 e. The number of pyridine rings is 2. The molecule has 7 nitrogen and oxygen atoms in total. The fourth-order valence-electron chi connectivity index (χ4n) is 5.32. The van der Waals surface area contributed by atoms with Gasteiger partial charge in [0.2, 0.25) is 5.88 Å². The number of likely N-dealkylation sites (N-methyl/N-ethyl adjacent to an activating group) is 1. The lowest BCUT2D eigenvalue weighted by Gasteiger charge is -2.37. The van der Waals surface area contributed by atoms with Gasteiger partial charge in [0, 0.05) is 68.5 Å². The topological polar surface area (TPSA) is 62.8 Å². The first-order valence-corrected chi connectivity index (χ1v) is 12.0. The molecule has 2 saturated heterocycles. The molecule has 2 aliphatic heterocycles. The number of methoxy groups -OCH3 is 1. The van der Waals surface area contributed by atoms with Crippen LogP contribution in [-0.4, -0.2) is 81.3 Å². The van der Waals surface area contributed by atoms with Gasteiger partial charge >= 0.3 is 0 Å². The van der Waals surface area contributed by atoms with Crippen molar-refractivity contribution in [3.05, 3.63) is 42.3 Å². The van der Waals surface area contributed by atoms with Crippen LogP contribution >= 0.6 is 0 Å². The Bertz CT molecular complexity index is 1250. The van der Waals surface area contributed by atoms with E-state index in [0.717, 1.165) is 5.56 Å². The van der Waals surface area contributed by atoms with Gasteiger partial charge in [-0.25, -0.2) is 23.1 Å². The van der Waals surface area contributed by atoms with Crippen molar-refractivity contribution in [1.29, 1.82) is 0 Å². The molecule has 36 heavy (non-hydrogen) atoms. The standard InChI is InChI=1S/C26H30F3N5O2.H2/c1-30-6-7-36-25-5-4-16(11-31-25)21-9-23(18-8-20(27)24(35-3)10-22(18)32-21)34-13-17-12-33(2)15-26(28,29)19(17)14-34;/h4-5,8-11,17,19,30H,6-7,12-15H2,1-3H3;1H. The van der Waals surface area contributed by atoms with E-state index in [-0.39, 0.29) is 26.2 Å². The minimum absolute atomic E-state index is 0. The van der Waals surface area contributed by atoms with Crippen LogP contribution < -0.4 is 19.7 Å². The van der Waals surface area contributed by atoms with E-state index in [1.807, 2.05) is 24.1 Å². The van der Waals surface area contributed by atoms with E-state index >= 15 is 0 Å². The minimum Gasteiger partial charge on any atom is -0.494 e. The Balaban J connectivity index is 0.00000320. The molecule has 0 aliphatic carbocycles. The van der Waals surface area contributed by atoms with Gasteiger partial charge in [-0.15, -0.1) is 0 Å². The van der Waals surface area contributed by atoms with Crippen molar-refractivity contribution in [3.63, 3.8) is 0 Å². The summed E-state index contributed by atoms with van der Waals surface area (Å²) in [6, 6.07) is 8.39. The first-order valence-electron chi connectivity index (χ1n) is 12.0. The molecule has 1 aromatic carbocycles. The van der Waals surface area contributed by atoms with E-state index in [4.69, 9.17) is 14.5 Å². The number of halogens is 3. The summed E-state index contributed by atoms with van der Waals surface area (Å²) in [5.74, 6) is -3.66. The molecule has 0 spiro atoms. The van der Waals surface area contributed by atoms with E-state index in [0.29, 0.717) is 54.4 Å². The van der Waals surface area contributed by atoms with Gasteiger partial charge in [-0.3, -0.25) is 0 Å². The number of aromatic nitrogens is 2. The highest BCUT2D eigenvalue weighted by molar-refractivity contribution is 5.95. The number of fused-ring (bicyclic) bond motifs is 2. The Hall–Kier alpha value is -3.11. The van der Waals surface area contributed by atoms with E-state index in [1.54, 1.807) is 30.3 Å². The first kappa shape index (κ1) is 24.6. The number of hydrogen-bond acceptors (Lipinski definition) is 7. The second-order valence-corrected chi connectivity index (χ2v) is 9.60. The molecule has 1 N–H and O–H groups in total. The molecule has 0 bridgehead atoms. The van der Waals surface area contributed by atoms with Crippen LogP contribution in [0, 0.1) is 17.7 Å². The van der Waals surface area contributed by atoms with E-state index in [1.165, 1.54) is 13.2 Å². The number of alkyl halides is 2. The summed E-state index contributed by atoms with van der Waals surface area (Å²) in [5, 5.41) is 3.57. The molecule has 4 heterocycles. The van der Waals surface area contributed by atoms with Gasteiger partial charge in [0.25, 0.3) is 5.92 Å².